The molecular weight excluding hydrogens is 385 g/mol. The van der Waals surface area contributed by atoms with Gasteiger partial charge in [0.05, 0.1) is 5.69 Å². The number of hydrogen-bond donors (Lipinski definition) is 1. The van der Waals surface area contributed by atoms with Gasteiger partial charge in [-0.3, -0.25) is 4.79 Å². The molecule has 30 heavy (non-hydrogen) atoms. The van der Waals surface area contributed by atoms with E-state index in [4.69, 9.17) is 4.74 Å². The fourth-order valence-corrected chi connectivity index (χ4v) is 3.08. The Morgan fingerprint density at radius 2 is 1.93 bits per heavy atom. The largest absolute Gasteiger partial charge is 0.449 e. The Morgan fingerprint density at radius 1 is 1.20 bits per heavy atom. The van der Waals surface area contributed by atoms with E-state index < -0.39 is 12.1 Å². The molecule has 1 N–H and O–H groups in total. The molecule has 0 aliphatic heterocycles. The minimum atomic E-state index is -0.919. The van der Waals surface area contributed by atoms with Gasteiger partial charge >= 0.3 is 5.97 Å². The van der Waals surface area contributed by atoms with Gasteiger partial charge in [0.15, 0.2) is 6.10 Å². The van der Waals surface area contributed by atoms with Gasteiger partial charge in [0, 0.05) is 17.8 Å². The Bertz CT molecular complexity index is 1090. The normalized spacial score (nSPS) is 14.2. The molecule has 0 bridgehead atoms. The predicted molar refractivity (Wildman–Crippen MR) is 110 cm³/mol. The quantitative estimate of drug-likeness (QED) is 0.631. The van der Waals surface area contributed by atoms with Crippen molar-refractivity contribution in [2.24, 2.45) is 0 Å². The van der Waals surface area contributed by atoms with E-state index >= 15 is 0 Å². The number of nitrogens with zero attached hydrogens (tertiary/aromatic N) is 2. The third kappa shape index (κ3) is 4.40. The Balaban J connectivity index is 1.66. The van der Waals surface area contributed by atoms with Crippen molar-refractivity contribution >= 4 is 11.9 Å². The summed E-state index contributed by atoms with van der Waals surface area (Å²) in [5.74, 6) is -1.31. The highest BCUT2D eigenvalue weighted by Gasteiger charge is 2.29. The Labute approximate surface area is 173 Å². The molecule has 154 valence electrons. The second-order valence-corrected chi connectivity index (χ2v) is 7.51. The minimum Gasteiger partial charge on any atom is -0.449 e. The number of aryl methyl sites for hydroxylation is 1. The number of nitrogens with one attached hydrogen (secondary N) is 1. The van der Waals surface area contributed by atoms with Gasteiger partial charge in [0.2, 0.25) is 0 Å². The van der Waals surface area contributed by atoms with Crippen molar-refractivity contribution in [3.05, 3.63) is 71.7 Å². The number of ether oxygens (including phenoxy) is 1. The van der Waals surface area contributed by atoms with Crippen molar-refractivity contribution in [2.45, 2.75) is 38.8 Å². The molecule has 1 saturated carbocycles. The van der Waals surface area contributed by atoms with Gasteiger partial charge in [-0.2, -0.15) is 5.10 Å². The molecule has 1 atom stereocenters. The highest BCUT2D eigenvalue weighted by atomic mass is 19.1. The van der Waals surface area contributed by atoms with E-state index in [0.717, 1.165) is 24.0 Å². The van der Waals surface area contributed by atoms with E-state index in [0.29, 0.717) is 11.4 Å². The number of amides is 1. The first-order valence-corrected chi connectivity index (χ1v) is 9.85. The van der Waals surface area contributed by atoms with Gasteiger partial charge in [-0.25, -0.2) is 13.9 Å². The number of carbonyl (C=O) groups is 2. The molecule has 0 unspecified atom stereocenters. The summed E-state index contributed by atoms with van der Waals surface area (Å²) < 4.78 is 20.2. The van der Waals surface area contributed by atoms with E-state index in [1.54, 1.807) is 25.3 Å². The number of esters is 1. The van der Waals surface area contributed by atoms with Crippen LogP contribution >= 0.6 is 0 Å². The number of hydrogen-bond acceptors (Lipinski definition) is 4. The number of carbonyl (C=O) groups excluding carboxylic acids is 2. The molecule has 6 nitrogen and oxygen atoms in total. The van der Waals surface area contributed by atoms with Crippen molar-refractivity contribution < 1.29 is 18.7 Å². The van der Waals surface area contributed by atoms with Crippen LogP contribution in [0.5, 0.6) is 0 Å². The summed E-state index contributed by atoms with van der Waals surface area (Å²) in [6.07, 6.45) is 2.53. The lowest BCUT2D eigenvalue weighted by molar-refractivity contribution is -0.129. The van der Waals surface area contributed by atoms with Crippen molar-refractivity contribution in [3.63, 3.8) is 0 Å². The molecule has 1 amide bonds. The highest BCUT2D eigenvalue weighted by molar-refractivity contribution is 5.97. The number of aromatic nitrogens is 2. The Hall–Kier alpha value is -3.48. The van der Waals surface area contributed by atoms with Crippen molar-refractivity contribution in [2.75, 3.05) is 0 Å². The molecule has 1 aromatic heterocycles. The summed E-state index contributed by atoms with van der Waals surface area (Å²) in [5.41, 5.74) is 3.03. The maximum atomic E-state index is 13.3. The van der Waals surface area contributed by atoms with Gasteiger partial charge in [0.1, 0.15) is 17.1 Å². The lowest BCUT2D eigenvalue weighted by Gasteiger charge is -2.13. The highest BCUT2D eigenvalue weighted by Crippen LogP contribution is 2.26. The van der Waals surface area contributed by atoms with Crippen LogP contribution in [0.4, 0.5) is 4.39 Å². The van der Waals surface area contributed by atoms with Gasteiger partial charge in [-0.15, -0.1) is 0 Å². The zero-order chi connectivity index (χ0) is 21.3. The first-order chi connectivity index (χ1) is 14.4. The van der Waals surface area contributed by atoms with E-state index in [-0.39, 0.29) is 23.3 Å². The van der Waals surface area contributed by atoms with Gasteiger partial charge in [-0.1, -0.05) is 23.8 Å². The van der Waals surface area contributed by atoms with Gasteiger partial charge in [-0.05, 0) is 57.0 Å². The Kier molecular flexibility index (Phi) is 5.35. The Morgan fingerprint density at radius 3 is 2.60 bits per heavy atom. The van der Waals surface area contributed by atoms with Crippen LogP contribution in [0.15, 0.2) is 54.7 Å². The second kappa shape index (κ2) is 8.10. The molecule has 3 aromatic rings. The summed E-state index contributed by atoms with van der Waals surface area (Å²) in [7, 11) is 0. The summed E-state index contributed by atoms with van der Waals surface area (Å²) >= 11 is 0. The predicted octanol–water partition coefficient (Wildman–Crippen LogP) is 3.81. The summed E-state index contributed by atoms with van der Waals surface area (Å²) in [6, 6.07) is 13.6. The third-order valence-electron chi connectivity index (χ3n) is 4.89. The van der Waals surface area contributed by atoms with Crippen LogP contribution in [-0.2, 0) is 9.53 Å². The van der Waals surface area contributed by atoms with E-state index in [1.165, 1.54) is 16.8 Å². The van der Waals surface area contributed by atoms with Gasteiger partial charge in [0.25, 0.3) is 5.91 Å². The molecule has 0 saturated heterocycles. The molecule has 1 fully saturated rings. The summed E-state index contributed by atoms with van der Waals surface area (Å²) in [4.78, 5) is 25.1. The molecule has 7 heteroatoms. The molecule has 1 aliphatic carbocycles. The minimum absolute atomic E-state index is 0.183. The smallest absolute Gasteiger partial charge is 0.342 e. The fraction of sp³-hybridized carbons (Fsp3) is 0.261. The second-order valence-electron chi connectivity index (χ2n) is 7.51. The zero-order valence-corrected chi connectivity index (χ0v) is 16.8. The maximum absolute atomic E-state index is 13.3. The first kappa shape index (κ1) is 19.8. The molecule has 1 heterocycles. The number of benzene rings is 2. The molecule has 0 spiro atoms. The standard InChI is InChI=1S/C23H22FN3O3/c1-14-4-3-5-16(12-14)21-20(13-27(26-21)19-10-6-17(24)7-11-19)23(29)30-15(2)22(28)25-18-8-9-18/h3-7,10-13,15,18H,8-9H2,1-2H3,(H,25,28)/t15-/m0/s1. The topological polar surface area (TPSA) is 73.2 Å². The fourth-order valence-electron chi connectivity index (χ4n) is 3.08. The lowest BCUT2D eigenvalue weighted by Crippen LogP contribution is -2.37. The first-order valence-electron chi connectivity index (χ1n) is 9.85. The molecule has 4 rings (SSSR count). The van der Waals surface area contributed by atoms with Gasteiger partial charge < -0.3 is 10.1 Å². The molecule has 0 radical (unpaired) electrons. The average molecular weight is 407 g/mol. The van der Waals surface area contributed by atoms with Crippen molar-refractivity contribution in [1.82, 2.24) is 15.1 Å². The SMILES string of the molecule is Cc1cccc(-c2nn(-c3ccc(F)cc3)cc2C(=O)O[C@@H](C)C(=O)NC2CC2)c1. The van der Waals surface area contributed by atoms with Crippen molar-refractivity contribution in [1.29, 1.82) is 0 Å². The number of halogens is 1. The van der Waals surface area contributed by atoms with E-state index in [1.807, 2.05) is 31.2 Å². The van der Waals surface area contributed by atoms with Crippen LogP contribution in [0, 0.1) is 12.7 Å². The van der Waals surface area contributed by atoms with Crippen LogP contribution in [0.1, 0.15) is 35.7 Å². The van der Waals surface area contributed by atoms with Crippen LogP contribution in [-0.4, -0.2) is 33.8 Å². The van der Waals surface area contributed by atoms with Crippen molar-refractivity contribution in [3.8, 4) is 16.9 Å². The molecule has 2 aromatic carbocycles. The maximum Gasteiger partial charge on any atom is 0.342 e. The van der Waals surface area contributed by atoms with Crippen LogP contribution in [0.2, 0.25) is 0 Å². The molecular formula is C23H22FN3O3. The lowest BCUT2D eigenvalue weighted by atomic mass is 10.1. The molecule has 1 aliphatic rings. The average Bonchev–Trinajstić information content (AvgIpc) is 3.42. The monoisotopic (exact) mass is 407 g/mol. The zero-order valence-electron chi connectivity index (χ0n) is 16.8. The third-order valence-corrected chi connectivity index (χ3v) is 4.89. The summed E-state index contributed by atoms with van der Waals surface area (Å²) in [5, 5.41) is 7.37. The summed E-state index contributed by atoms with van der Waals surface area (Å²) in [6.45, 7) is 3.50. The number of rotatable bonds is 6. The van der Waals surface area contributed by atoms with Crippen LogP contribution in [0.25, 0.3) is 16.9 Å². The van der Waals surface area contributed by atoms with Crippen LogP contribution in [0.3, 0.4) is 0 Å². The van der Waals surface area contributed by atoms with Crippen LogP contribution < -0.4 is 5.32 Å². The van der Waals surface area contributed by atoms with E-state index in [9.17, 15) is 14.0 Å². The van der Waals surface area contributed by atoms with E-state index in [2.05, 4.69) is 10.4 Å².